The van der Waals surface area contributed by atoms with Crippen LogP contribution in [0.3, 0.4) is 0 Å². The van der Waals surface area contributed by atoms with Gasteiger partial charge in [0.15, 0.2) is 0 Å². The number of likely N-dealkylation sites (tertiary alicyclic amines) is 1. The molecule has 1 fully saturated rings. The summed E-state index contributed by atoms with van der Waals surface area (Å²) in [5.41, 5.74) is 0. The van der Waals surface area contributed by atoms with Crippen molar-refractivity contribution in [2.75, 3.05) is 6.54 Å². The molecule has 1 aliphatic rings. The second-order valence-corrected chi connectivity index (χ2v) is 7.77. The van der Waals surface area contributed by atoms with E-state index in [1.54, 1.807) is 6.08 Å². The Bertz CT molecular complexity index is 403. The molecule has 0 atom stereocenters. The lowest BCUT2D eigenvalue weighted by atomic mass is 10.0. The van der Waals surface area contributed by atoms with Gasteiger partial charge in [0, 0.05) is 13.0 Å². The average molecular weight is 364 g/mol. The standard InChI is InChI=1S/C23H41NO2/c1-2-3-4-5-6-7-8-9-10-11-12-13-14-16-19-22(25)24-21-18-15-17-20-23(24)26/h16,19H,2-15,17-18,20-21H2,1H3. The molecule has 0 aliphatic carbocycles. The first-order chi connectivity index (χ1) is 12.8. The molecule has 0 spiro atoms. The second-order valence-electron chi connectivity index (χ2n) is 7.77. The normalized spacial score (nSPS) is 15.6. The highest BCUT2D eigenvalue weighted by molar-refractivity contribution is 6.00. The highest BCUT2D eigenvalue weighted by Gasteiger charge is 2.20. The molecule has 0 aromatic rings. The minimum atomic E-state index is -0.115. The van der Waals surface area contributed by atoms with Gasteiger partial charge in [-0.25, -0.2) is 0 Å². The monoisotopic (exact) mass is 363 g/mol. The Morgan fingerprint density at radius 1 is 0.846 bits per heavy atom. The highest BCUT2D eigenvalue weighted by atomic mass is 16.2. The van der Waals surface area contributed by atoms with E-state index in [2.05, 4.69) is 6.92 Å². The predicted octanol–water partition coefficient (Wildman–Crippen LogP) is 6.56. The molecule has 1 heterocycles. The number of carbonyl (C=O) groups excluding carboxylic acids is 2. The van der Waals surface area contributed by atoms with Crippen LogP contribution in [0.4, 0.5) is 0 Å². The van der Waals surface area contributed by atoms with Gasteiger partial charge in [-0.05, 0) is 31.8 Å². The van der Waals surface area contributed by atoms with Crippen molar-refractivity contribution in [3.8, 4) is 0 Å². The maximum atomic E-state index is 12.1. The molecular formula is C23H41NO2. The van der Waals surface area contributed by atoms with Crippen LogP contribution < -0.4 is 0 Å². The summed E-state index contributed by atoms with van der Waals surface area (Å²) in [4.78, 5) is 25.4. The van der Waals surface area contributed by atoms with Crippen molar-refractivity contribution < 1.29 is 9.59 Å². The van der Waals surface area contributed by atoms with E-state index in [1.807, 2.05) is 6.08 Å². The summed E-state index contributed by atoms with van der Waals surface area (Å²) in [5, 5.41) is 0. The SMILES string of the molecule is CCCCCCCCCCCCCCC=CC(=O)N1CCCCCC1=O. The first-order valence-electron chi connectivity index (χ1n) is 11.3. The summed E-state index contributed by atoms with van der Waals surface area (Å²) in [7, 11) is 0. The van der Waals surface area contributed by atoms with E-state index in [0.717, 1.165) is 32.1 Å². The summed E-state index contributed by atoms with van der Waals surface area (Å²) < 4.78 is 0. The second kappa shape index (κ2) is 16.1. The van der Waals surface area contributed by atoms with Crippen LogP contribution in [0.15, 0.2) is 12.2 Å². The van der Waals surface area contributed by atoms with E-state index in [1.165, 1.54) is 75.5 Å². The van der Waals surface area contributed by atoms with Crippen molar-refractivity contribution >= 4 is 11.8 Å². The van der Waals surface area contributed by atoms with Gasteiger partial charge in [0.1, 0.15) is 0 Å². The Morgan fingerprint density at radius 2 is 1.42 bits per heavy atom. The molecule has 150 valence electrons. The molecule has 26 heavy (non-hydrogen) atoms. The number of nitrogens with zero attached hydrogens (tertiary/aromatic N) is 1. The fourth-order valence-electron chi connectivity index (χ4n) is 3.59. The summed E-state index contributed by atoms with van der Waals surface area (Å²) in [6, 6.07) is 0. The van der Waals surface area contributed by atoms with Crippen LogP contribution in [0.5, 0.6) is 0 Å². The van der Waals surface area contributed by atoms with Gasteiger partial charge in [-0.3, -0.25) is 14.5 Å². The number of amides is 2. The van der Waals surface area contributed by atoms with Crippen LogP contribution >= 0.6 is 0 Å². The minimum Gasteiger partial charge on any atom is -0.279 e. The van der Waals surface area contributed by atoms with E-state index in [4.69, 9.17) is 0 Å². The molecule has 0 radical (unpaired) electrons. The lowest BCUT2D eigenvalue weighted by molar-refractivity contribution is -0.141. The molecule has 3 nitrogen and oxygen atoms in total. The first-order valence-corrected chi connectivity index (χ1v) is 11.3. The van der Waals surface area contributed by atoms with Gasteiger partial charge < -0.3 is 0 Å². The summed E-state index contributed by atoms with van der Waals surface area (Å²) in [5.74, 6) is -0.113. The number of hydrogen-bond acceptors (Lipinski definition) is 2. The van der Waals surface area contributed by atoms with Crippen molar-refractivity contribution in [3.05, 3.63) is 12.2 Å². The molecule has 1 rings (SSSR count). The van der Waals surface area contributed by atoms with E-state index in [0.29, 0.717) is 13.0 Å². The number of rotatable bonds is 14. The molecule has 0 aromatic carbocycles. The van der Waals surface area contributed by atoms with E-state index < -0.39 is 0 Å². The summed E-state index contributed by atoms with van der Waals surface area (Å²) in [6.07, 6.45) is 24.2. The fraction of sp³-hybridized carbons (Fsp3) is 0.826. The van der Waals surface area contributed by atoms with Gasteiger partial charge >= 0.3 is 0 Å². The molecule has 2 amide bonds. The van der Waals surface area contributed by atoms with Crippen LogP contribution in [-0.4, -0.2) is 23.3 Å². The zero-order chi connectivity index (χ0) is 18.9. The largest absolute Gasteiger partial charge is 0.279 e. The highest BCUT2D eigenvalue weighted by Crippen LogP contribution is 2.13. The van der Waals surface area contributed by atoms with Crippen LogP contribution in [0.2, 0.25) is 0 Å². The van der Waals surface area contributed by atoms with Crippen LogP contribution in [-0.2, 0) is 9.59 Å². The summed E-state index contributed by atoms with van der Waals surface area (Å²) in [6.45, 7) is 2.87. The molecule has 0 saturated carbocycles. The molecular weight excluding hydrogens is 322 g/mol. The van der Waals surface area contributed by atoms with Gasteiger partial charge in [0.05, 0.1) is 0 Å². The topological polar surface area (TPSA) is 37.4 Å². The Balaban J connectivity index is 1.92. The van der Waals surface area contributed by atoms with Crippen LogP contribution in [0.25, 0.3) is 0 Å². The fourth-order valence-corrected chi connectivity index (χ4v) is 3.59. The Hall–Kier alpha value is -1.12. The lowest BCUT2D eigenvalue weighted by Crippen LogP contribution is -2.35. The van der Waals surface area contributed by atoms with Crippen molar-refractivity contribution in [2.45, 2.75) is 116 Å². The quantitative estimate of drug-likeness (QED) is 0.259. The first kappa shape index (κ1) is 22.9. The van der Waals surface area contributed by atoms with Gasteiger partial charge in [-0.15, -0.1) is 0 Å². The maximum absolute atomic E-state index is 12.1. The van der Waals surface area contributed by atoms with E-state index in [9.17, 15) is 9.59 Å². The molecule has 0 aromatic heterocycles. The number of unbranched alkanes of at least 4 members (excludes halogenated alkanes) is 12. The molecule has 0 N–H and O–H groups in total. The van der Waals surface area contributed by atoms with E-state index >= 15 is 0 Å². The Labute approximate surface area is 161 Å². The van der Waals surface area contributed by atoms with Crippen LogP contribution in [0.1, 0.15) is 116 Å². The zero-order valence-electron chi connectivity index (χ0n) is 17.1. The van der Waals surface area contributed by atoms with Crippen molar-refractivity contribution in [1.29, 1.82) is 0 Å². The molecule has 3 heteroatoms. The molecule has 1 aliphatic heterocycles. The van der Waals surface area contributed by atoms with Gasteiger partial charge in [0.2, 0.25) is 5.91 Å². The third-order valence-corrected chi connectivity index (χ3v) is 5.32. The van der Waals surface area contributed by atoms with Gasteiger partial charge in [0.25, 0.3) is 5.91 Å². The number of hydrogen-bond donors (Lipinski definition) is 0. The van der Waals surface area contributed by atoms with Crippen molar-refractivity contribution in [2.24, 2.45) is 0 Å². The van der Waals surface area contributed by atoms with Crippen molar-refractivity contribution in [1.82, 2.24) is 4.90 Å². The summed E-state index contributed by atoms with van der Waals surface area (Å²) >= 11 is 0. The van der Waals surface area contributed by atoms with E-state index in [-0.39, 0.29) is 11.8 Å². The van der Waals surface area contributed by atoms with Gasteiger partial charge in [-0.1, -0.05) is 90.0 Å². The Morgan fingerprint density at radius 3 is 2.04 bits per heavy atom. The predicted molar refractivity (Wildman–Crippen MR) is 110 cm³/mol. The molecule has 1 saturated heterocycles. The lowest BCUT2D eigenvalue weighted by Gasteiger charge is -2.15. The number of imide groups is 1. The maximum Gasteiger partial charge on any atom is 0.252 e. The van der Waals surface area contributed by atoms with Crippen molar-refractivity contribution in [3.63, 3.8) is 0 Å². The molecule has 0 bridgehead atoms. The zero-order valence-corrected chi connectivity index (χ0v) is 17.1. The third kappa shape index (κ3) is 11.5. The minimum absolute atomic E-state index is 0.00233. The van der Waals surface area contributed by atoms with Crippen LogP contribution in [0, 0.1) is 0 Å². The number of allylic oxidation sites excluding steroid dienone is 1. The molecule has 0 unspecified atom stereocenters. The number of carbonyl (C=O) groups is 2. The average Bonchev–Trinajstić information content (AvgIpc) is 2.86. The smallest absolute Gasteiger partial charge is 0.252 e. The third-order valence-electron chi connectivity index (χ3n) is 5.32. The Kier molecular flexibility index (Phi) is 14.2. The van der Waals surface area contributed by atoms with Gasteiger partial charge in [-0.2, -0.15) is 0 Å².